The van der Waals surface area contributed by atoms with E-state index in [4.69, 9.17) is 10.3 Å². The fraction of sp³-hybridized carbons (Fsp3) is 0.182. The van der Waals surface area contributed by atoms with E-state index >= 15 is 0 Å². The molecule has 0 saturated heterocycles. The van der Waals surface area contributed by atoms with Crippen LogP contribution in [0.1, 0.15) is 11.1 Å². The molecule has 0 radical (unpaired) electrons. The Morgan fingerprint density at radius 2 is 2.18 bits per heavy atom. The van der Waals surface area contributed by atoms with Gasteiger partial charge in [0.05, 0.1) is 6.42 Å². The largest absolute Gasteiger partial charge is 0.481 e. The summed E-state index contributed by atoms with van der Waals surface area (Å²) in [4.78, 5) is 21.6. The van der Waals surface area contributed by atoms with E-state index in [1.165, 1.54) is 0 Å². The molecule has 0 saturated carbocycles. The monoisotopic (exact) mass is 236 g/mol. The van der Waals surface area contributed by atoms with Gasteiger partial charge in [0.25, 0.3) is 5.91 Å². The molecule has 0 unspecified atom stereocenters. The molecule has 0 atom stereocenters. The lowest BCUT2D eigenvalue weighted by molar-refractivity contribution is -0.136. The molecule has 6 heteroatoms. The highest BCUT2D eigenvalue weighted by atomic mass is 16.4. The normalized spacial score (nSPS) is 10.4. The second-order valence-corrected chi connectivity index (χ2v) is 3.45. The molecule has 1 amide bonds. The van der Waals surface area contributed by atoms with Gasteiger partial charge in [0, 0.05) is 5.69 Å². The Labute approximate surface area is 97.6 Å². The Balaban J connectivity index is 2.82. The summed E-state index contributed by atoms with van der Waals surface area (Å²) in [5, 5.41) is 21.9. The van der Waals surface area contributed by atoms with Gasteiger partial charge in [0.2, 0.25) is 0 Å². The Morgan fingerprint density at radius 1 is 1.47 bits per heavy atom. The second kappa shape index (κ2) is 5.64. The molecule has 1 aromatic carbocycles. The van der Waals surface area contributed by atoms with Crippen molar-refractivity contribution in [2.24, 2.45) is 5.16 Å². The smallest absolute Gasteiger partial charge is 0.307 e. The van der Waals surface area contributed by atoms with Gasteiger partial charge in [-0.25, -0.2) is 0 Å². The van der Waals surface area contributed by atoms with E-state index < -0.39 is 11.9 Å². The minimum atomic E-state index is -0.909. The SMILES string of the molecule is Cc1cc(CC(=O)O)ccc1NC(=O)/C=N/O. The van der Waals surface area contributed by atoms with Crippen LogP contribution in [0.5, 0.6) is 0 Å². The van der Waals surface area contributed by atoms with Crippen LogP contribution in [0, 0.1) is 6.92 Å². The fourth-order valence-corrected chi connectivity index (χ4v) is 1.37. The van der Waals surface area contributed by atoms with Crippen molar-refractivity contribution >= 4 is 23.8 Å². The van der Waals surface area contributed by atoms with Crippen LogP contribution >= 0.6 is 0 Å². The number of hydrogen-bond acceptors (Lipinski definition) is 4. The molecule has 0 aliphatic heterocycles. The van der Waals surface area contributed by atoms with Gasteiger partial charge in [-0.15, -0.1) is 0 Å². The molecule has 17 heavy (non-hydrogen) atoms. The van der Waals surface area contributed by atoms with Crippen molar-refractivity contribution in [3.63, 3.8) is 0 Å². The first kappa shape index (κ1) is 12.7. The summed E-state index contributed by atoms with van der Waals surface area (Å²) in [6.07, 6.45) is 0.678. The van der Waals surface area contributed by atoms with Gasteiger partial charge in [0.1, 0.15) is 6.21 Å². The Morgan fingerprint density at radius 3 is 2.71 bits per heavy atom. The number of carbonyl (C=O) groups is 2. The average Bonchev–Trinajstić information content (AvgIpc) is 2.21. The van der Waals surface area contributed by atoms with Gasteiger partial charge in [-0.3, -0.25) is 9.59 Å². The summed E-state index contributed by atoms with van der Waals surface area (Å²) in [5.41, 5.74) is 1.94. The second-order valence-electron chi connectivity index (χ2n) is 3.45. The van der Waals surface area contributed by atoms with Crippen molar-refractivity contribution in [1.82, 2.24) is 0 Å². The van der Waals surface area contributed by atoms with Crippen LogP contribution in [0.2, 0.25) is 0 Å². The molecule has 3 N–H and O–H groups in total. The number of aryl methyl sites for hydroxylation is 1. The lowest BCUT2D eigenvalue weighted by Gasteiger charge is -2.07. The van der Waals surface area contributed by atoms with E-state index in [0.29, 0.717) is 11.3 Å². The average molecular weight is 236 g/mol. The van der Waals surface area contributed by atoms with E-state index in [1.54, 1.807) is 25.1 Å². The number of aliphatic carboxylic acids is 1. The molecule has 0 heterocycles. The highest BCUT2D eigenvalue weighted by Crippen LogP contribution is 2.16. The van der Waals surface area contributed by atoms with Crippen LogP contribution in [0.25, 0.3) is 0 Å². The first-order chi connectivity index (χ1) is 8.02. The molecule has 0 fully saturated rings. The number of carboxylic acids is 1. The van der Waals surface area contributed by atoms with Crippen LogP contribution in [0.4, 0.5) is 5.69 Å². The number of carbonyl (C=O) groups excluding carboxylic acids is 1. The third-order valence-electron chi connectivity index (χ3n) is 2.08. The maximum absolute atomic E-state index is 11.1. The highest BCUT2D eigenvalue weighted by molar-refractivity contribution is 6.31. The summed E-state index contributed by atoms with van der Waals surface area (Å²) in [7, 11) is 0. The summed E-state index contributed by atoms with van der Waals surface area (Å²) in [5.74, 6) is -1.46. The third-order valence-corrected chi connectivity index (χ3v) is 2.08. The van der Waals surface area contributed by atoms with Gasteiger partial charge >= 0.3 is 5.97 Å². The Bertz CT molecular complexity index is 469. The molecule has 0 aromatic heterocycles. The van der Waals surface area contributed by atoms with Gasteiger partial charge < -0.3 is 15.6 Å². The molecule has 0 aliphatic carbocycles. The van der Waals surface area contributed by atoms with Gasteiger partial charge in [-0.2, -0.15) is 0 Å². The van der Waals surface area contributed by atoms with Crippen molar-refractivity contribution < 1.29 is 19.9 Å². The van der Waals surface area contributed by atoms with Crippen LogP contribution in [0.3, 0.4) is 0 Å². The molecule has 0 bridgehead atoms. The lowest BCUT2D eigenvalue weighted by Crippen LogP contribution is -2.13. The fourth-order valence-electron chi connectivity index (χ4n) is 1.37. The summed E-state index contributed by atoms with van der Waals surface area (Å²) >= 11 is 0. The molecule has 90 valence electrons. The summed E-state index contributed by atoms with van der Waals surface area (Å²) in [6, 6.07) is 4.91. The van der Waals surface area contributed by atoms with E-state index in [1.807, 2.05) is 0 Å². The maximum Gasteiger partial charge on any atom is 0.307 e. The molecule has 1 rings (SSSR count). The third kappa shape index (κ3) is 3.94. The summed E-state index contributed by atoms with van der Waals surface area (Å²) in [6.45, 7) is 1.75. The van der Waals surface area contributed by atoms with E-state index in [9.17, 15) is 9.59 Å². The number of benzene rings is 1. The zero-order chi connectivity index (χ0) is 12.8. The Hall–Kier alpha value is -2.37. The maximum atomic E-state index is 11.1. The topological polar surface area (TPSA) is 99.0 Å². The number of amides is 1. The minimum Gasteiger partial charge on any atom is -0.481 e. The zero-order valence-electron chi connectivity index (χ0n) is 9.17. The van der Waals surface area contributed by atoms with E-state index in [-0.39, 0.29) is 6.42 Å². The number of hydrogen-bond donors (Lipinski definition) is 3. The molecular formula is C11H12N2O4. The van der Waals surface area contributed by atoms with Gasteiger partial charge in [-0.1, -0.05) is 17.3 Å². The van der Waals surface area contributed by atoms with Gasteiger partial charge in [0.15, 0.2) is 0 Å². The zero-order valence-corrected chi connectivity index (χ0v) is 9.17. The number of nitrogens with one attached hydrogen (secondary N) is 1. The molecule has 1 aromatic rings. The first-order valence-electron chi connectivity index (χ1n) is 4.82. The number of nitrogens with zero attached hydrogens (tertiary/aromatic N) is 1. The predicted octanol–water partition coefficient (Wildman–Crippen LogP) is 1.02. The van der Waals surface area contributed by atoms with Crippen molar-refractivity contribution in [2.45, 2.75) is 13.3 Å². The lowest BCUT2D eigenvalue weighted by atomic mass is 10.1. The number of rotatable bonds is 4. The van der Waals surface area contributed by atoms with Crippen molar-refractivity contribution in [2.75, 3.05) is 5.32 Å². The van der Waals surface area contributed by atoms with Crippen LogP contribution in [0.15, 0.2) is 23.4 Å². The standard InChI is InChI=1S/C11H12N2O4/c1-7-4-8(5-11(15)16)2-3-9(7)13-10(14)6-12-17/h2-4,6,17H,5H2,1H3,(H,13,14)(H,15,16)/b12-6+. The van der Waals surface area contributed by atoms with Crippen LogP contribution in [-0.4, -0.2) is 28.4 Å². The minimum absolute atomic E-state index is 0.0623. The molecule has 6 nitrogen and oxygen atoms in total. The number of carboxylic acid groups (broad SMARTS) is 1. The van der Waals surface area contributed by atoms with Crippen LogP contribution < -0.4 is 5.32 Å². The Kier molecular flexibility index (Phi) is 4.21. The van der Waals surface area contributed by atoms with Crippen molar-refractivity contribution in [1.29, 1.82) is 0 Å². The number of oxime groups is 1. The van der Waals surface area contributed by atoms with E-state index in [2.05, 4.69) is 10.5 Å². The quantitative estimate of drug-likeness (QED) is 0.413. The summed E-state index contributed by atoms with van der Waals surface area (Å²) < 4.78 is 0. The number of anilines is 1. The molecule has 0 aliphatic rings. The van der Waals surface area contributed by atoms with Crippen molar-refractivity contribution in [3.8, 4) is 0 Å². The molecule has 0 spiro atoms. The van der Waals surface area contributed by atoms with Gasteiger partial charge in [-0.05, 0) is 24.1 Å². The van der Waals surface area contributed by atoms with Crippen molar-refractivity contribution in [3.05, 3.63) is 29.3 Å². The van der Waals surface area contributed by atoms with E-state index in [0.717, 1.165) is 11.8 Å². The predicted molar refractivity (Wildman–Crippen MR) is 61.4 cm³/mol. The highest BCUT2D eigenvalue weighted by Gasteiger charge is 2.05. The molecular weight excluding hydrogens is 224 g/mol. The first-order valence-corrected chi connectivity index (χ1v) is 4.82. The van der Waals surface area contributed by atoms with Crippen LogP contribution in [-0.2, 0) is 16.0 Å².